The van der Waals surface area contributed by atoms with Gasteiger partial charge in [0.1, 0.15) is 0 Å². The highest BCUT2D eigenvalue weighted by molar-refractivity contribution is 7.68. The van der Waals surface area contributed by atoms with Gasteiger partial charge < -0.3 is 0 Å². The van der Waals surface area contributed by atoms with Crippen LogP contribution in [0.1, 0.15) is 32.6 Å². The number of benzene rings is 2. The van der Waals surface area contributed by atoms with Crippen molar-refractivity contribution in [2.24, 2.45) is 0 Å². The SMILES string of the molecule is C=CP(CCCCCC)c1ccccc1-c1ccccc1. The molecule has 0 aliphatic heterocycles. The van der Waals surface area contributed by atoms with Gasteiger partial charge in [0.2, 0.25) is 0 Å². The van der Waals surface area contributed by atoms with E-state index >= 15 is 0 Å². The van der Waals surface area contributed by atoms with Crippen LogP contribution in [0.3, 0.4) is 0 Å². The molecule has 2 rings (SSSR count). The Morgan fingerprint density at radius 1 is 0.905 bits per heavy atom. The average Bonchev–Trinajstić information content (AvgIpc) is 2.56. The fraction of sp³-hybridized carbons (Fsp3) is 0.300. The molecule has 0 aliphatic rings. The molecule has 0 radical (unpaired) electrons. The van der Waals surface area contributed by atoms with Crippen molar-refractivity contribution in [2.45, 2.75) is 32.6 Å². The Balaban J connectivity index is 2.19. The maximum atomic E-state index is 4.10. The summed E-state index contributed by atoms with van der Waals surface area (Å²) in [6, 6.07) is 19.5. The van der Waals surface area contributed by atoms with E-state index in [4.69, 9.17) is 0 Å². The van der Waals surface area contributed by atoms with Gasteiger partial charge in [0.15, 0.2) is 0 Å². The highest BCUT2D eigenvalue weighted by Crippen LogP contribution is 2.40. The van der Waals surface area contributed by atoms with Crippen molar-refractivity contribution >= 4 is 13.2 Å². The summed E-state index contributed by atoms with van der Waals surface area (Å²) >= 11 is 0. The molecule has 1 heteroatoms. The molecular formula is C20H25P. The van der Waals surface area contributed by atoms with Crippen LogP contribution in [0.2, 0.25) is 0 Å². The summed E-state index contributed by atoms with van der Waals surface area (Å²) in [7, 11) is -0.251. The summed E-state index contributed by atoms with van der Waals surface area (Å²) in [4.78, 5) is 0. The van der Waals surface area contributed by atoms with Gasteiger partial charge in [0, 0.05) is 0 Å². The normalized spacial score (nSPS) is 12.0. The quantitative estimate of drug-likeness (QED) is 0.403. The van der Waals surface area contributed by atoms with E-state index in [9.17, 15) is 0 Å². The minimum absolute atomic E-state index is 0.251. The van der Waals surface area contributed by atoms with Crippen molar-refractivity contribution in [1.82, 2.24) is 0 Å². The lowest BCUT2D eigenvalue weighted by Gasteiger charge is -2.18. The third-order valence-corrected chi connectivity index (χ3v) is 6.02. The number of hydrogen-bond acceptors (Lipinski definition) is 0. The molecule has 1 atom stereocenters. The molecule has 0 saturated carbocycles. The van der Waals surface area contributed by atoms with Crippen LogP contribution in [0.4, 0.5) is 0 Å². The third kappa shape index (κ3) is 4.55. The first-order valence-electron chi connectivity index (χ1n) is 7.90. The minimum Gasteiger partial charge on any atom is -0.0983 e. The van der Waals surface area contributed by atoms with Gasteiger partial charge in [-0.2, -0.15) is 0 Å². The van der Waals surface area contributed by atoms with Gasteiger partial charge in [0.05, 0.1) is 0 Å². The van der Waals surface area contributed by atoms with Gasteiger partial charge in [-0.05, 0) is 29.0 Å². The zero-order valence-electron chi connectivity index (χ0n) is 13.0. The van der Waals surface area contributed by atoms with Crippen LogP contribution in [0.25, 0.3) is 11.1 Å². The highest BCUT2D eigenvalue weighted by atomic mass is 31.1. The third-order valence-electron chi connectivity index (χ3n) is 3.77. The molecule has 0 amide bonds. The summed E-state index contributed by atoms with van der Waals surface area (Å²) in [6.07, 6.45) is 6.57. The molecular weight excluding hydrogens is 271 g/mol. The molecule has 21 heavy (non-hydrogen) atoms. The van der Waals surface area contributed by atoms with Gasteiger partial charge in [-0.15, -0.1) is 0 Å². The van der Waals surface area contributed by atoms with E-state index in [0.29, 0.717) is 0 Å². The van der Waals surface area contributed by atoms with Crippen LogP contribution in [-0.4, -0.2) is 6.16 Å². The van der Waals surface area contributed by atoms with E-state index in [1.165, 1.54) is 48.3 Å². The fourth-order valence-corrected chi connectivity index (χ4v) is 4.58. The average molecular weight is 296 g/mol. The van der Waals surface area contributed by atoms with Gasteiger partial charge in [-0.25, -0.2) is 0 Å². The monoisotopic (exact) mass is 296 g/mol. The molecule has 0 bridgehead atoms. The van der Waals surface area contributed by atoms with Crippen molar-refractivity contribution < 1.29 is 0 Å². The largest absolute Gasteiger partial charge is 0.0983 e. The molecule has 2 aromatic carbocycles. The molecule has 0 aromatic heterocycles. The Kier molecular flexibility index (Phi) is 6.70. The fourth-order valence-electron chi connectivity index (χ4n) is 2.60. The second-order valence-corrected chi connectivity index (χ2v) is 7.55. The predicted molar refractivity (Wildman–Crippen MR) is 97.6 cm³/mol. The second-order valence-electron chi connectivity index (χ2n) is 5.32. The van der Waals surface area contributed by atoms with Crippen LogP contribution >= 0.6 is 7.92 Å². The van der Waals surface area contributed by atoms with Crippen LogP contribution in [0, 0.1) is 0 Å². The van der Waals surface area contributed by atoms with Crippen molar-refractivity contribution in [3.05, 3.63) is 67.0 Å². The van der Waals surface area contributed by atoms with Gasteiger partial charge in [-0.1, -0.05) is 101 Å². The first-order valence-corrected chi connectivity index (χ1v) is 9.50. The van der Waals surface area contributed by atoms with Crippen LogP contribution in [0.5, 0.6) is 0 Å². The molecule has 0 aliphatic carbocycles. The molecule has 1 unspecified atom stereocenters. The second kappa shape index (κ2) is 8.80. The van der Waals surface area contributed by atoms with Crippen molar-refractivity contribution in [3.8, 4) is 11.1 Å². The Morgan fingerprint density at radius 2 is 1.62 bits per heavy atom. The molecule has 0 spiro atoms. The topological polar surface area (TPSA) is 0 Å². The van der Waals surface area contributed by atoms with Crippen LogP contribution < -0.4 is 5.30 Å². The Morgan fingerprint density at radius 3 is 2.33 bits per heavy atom. The lowest BCUT2D eigenvalue weighted by molar-refractivity contribution is 0.705. The number of unbranched alkanes of at least 4 members (excludes halogenated alkanes) is 3. The summed E-state index contributed by atoms with van der Waals surface area (Å²) in [5.74, 6) is 2.18. The van der Waals surface area contributed by atoms with Crippen molar-refractivity contribution in [3.63, 3.8) is 0 Å². The summed E-state index contributed by atoms with van der Waals surface area (Å²) in [5, 5.41) is 1.48. The van der Waals surface area contributed by atoms with E-state index in [2.05, 4.69) is 73.9 Å². The van der Waals surface area contributed by atoms with Gasteiger partial charge >= 0.3 is 0 Å². The number of hydrogen-bond donors (Lipinski definition) is 0. The van der Waals surface area contributed by atoms with Crippen LogP contribution in [0.15, 0.2) is 67.0 Å². The van der Waals surface area contributed by atoms with Crippen LogP contribution in [-0.2, 0) is 0 Å². The first kappa shape index (κ1) is 16.0. The maximum Gasteiger partial charge on any atom is -0.0104 e. The van der Waals surface area contributed by atoms with E-state index in [1.807, 2.05) is 0 Å². The lowest BCUT2D eigenvalue weighted by atomic mass is 10.1. The van der Waals surface area contributed by atoms with Crippen molar-refractivity contribution in [1.29, 1.82) is 0 Å². The molecule has 110 valence electrons. The highest BCUT2D eigenvalue weighted by Gasteiger charge is 2.12. The van der Waals surface area contributed by atoms with E-state index in [0.717, 1.165) is 0 Å². The predicted octanol–water partition coefficient (Wildman–Crippen LogP) is 6.18. The first-order chi connectivity index (χ1) is 10.4. The number of rotatable bonds is 8. The standard InChI is InChI=1S/C20H25P/c1-3-5-6-12-17-21(4-2)20-16-11-10-15-19(20)18-13-8-7-9-14-18/h4,7-11,13-16H,2-3,5-6,12,17H2,1H3. The maximum absolute atomic E-state index is 4.10. The summed E-state index contributed by atoms with van der Waals surface area (Å²) in [5.41, 5.74) is 2.69. The molecule has 0 N–H and O–H groups in total. The Hall–Kier alpha value is -1.39. The Bertz CT molecular complexity index is 545. The van der Waals surface area contributed by atoms with E-state index < -0.39 is 0 Å². The molecule has 0 heterocycles. The van der Waals surface area contributed by atoms with Gasteiger partial charge in [-0.3, -0.25) is 0 Å². The van der Waals surface area contributed by atoms with Crippen molar-refractivity contribution in [2.75, 3.05) is 6.16 Å². The zero-order chi connectivity index (χ0) is 14.9. The molecule has 0 fully saturated rings. The lowest BCUT2D eigenvalue weighted by Crippen LogP contribution is -2.06. The van der Waals surface area contributed by atoms with E-state index in [-0.39, 0.29) is 7.92 Å². The molecule has 2 aromatic rings. The smallest absolute Gasteiger partial charge is 0.0104 e. The van der Waals surface area contributed by atoms with E-state index in [1.54, 1.807) is 0 Å². The molecule has 0 saturated heterocycles. The minimum atomic E-state index is -0.251. The summed E-state index contributed by atoms with van der Waals surface area (Å²) in [6.45, 7) is 6.36. The Labute approximate surface area is 130 Å². The van der Waals surface area contributed by atoms with Gasteiger partial charge in [0.25, 0.3) is 0 Å². The molecule has 0 nitrogen and oxygen atoms in total. The summed E-state index contributed by atoms with van der Waals surface area (Å²) < 4.78 is 0. The zero-order valence-corrected chi connectivity index (χ0v) is 13.9.